The van der Waals surface area contributed by atoms with Gasteiger partial charge >= 0.3 is 5.97 Å². The van der Waals surface area contributed by atoms with Crippen LogP contribution in [0.3, 0.4) is 0 Å². The van der Waals surface area contributed by atoms with E-state index in [0.29, 0.717) is 6.54 Å². The Kier molecular flexibility index (Phi) is 4.37. The van der Waals surface area contributed by atoms with Crippen LogP contribution in [0.15, 0.2) is 36.9 Å². The number of aromatic nitrogens is 2. The van der Waals surface area contributed by atoms with E-state index in [1.54, 1.807) is 23.3 Å². The van der Waals surface area contributed by atoms with Gasteiger partial charge < -0.3 is 15.0 Å². The van der Waals surface area contributed by atoms with E-state index in [1.165, 1.54) is 18.2 Å². The van der Waals surface area contributed by atoms with Crippen molar-refractivity contribution in [2.75, 3.05) is 5.32 Å². The topological polar surface area (TPSA) is 84.2 Å². The van der Waals surface area contributed by atoms with Gasteiger partial charge in [0, 0.05) is 25.4 Å². The molecule has 1 aromatic carbocycles. The number of carboxylic acids is 1. The zero-order valence-electron chi connectivity index (χ0n) is 10.4. The number of carbonyl (C=O) groups excluding carboxylic acids is 1. The lowest BCUT2D eigenvalue weighted by Gasteiger charge is -2.10. The number of nitrogens with one attached hydrogen (secondary N) is 1. The van der Waals surface area contributed by atoms with Gasteiger partial charge in [0.05, 0.1) is 22.6 Å². The summed E-state index contributed by atoms with van der Waals surface area (Å²) in [4.78, 5) is 26.8. The van der Waals surface area contributed by atoms with Gasteiger partial charge in [0.2, 0.25) is 5.91 Å². The lowest BCUT2D eigenvalue weighted by molar-refractivity contribution is -0.116. The number of para-hydroxylation sites is 1. The molecule has 20 heavy (non-hydrogen) atoms. The van der Waals surface area contributed by atoms with Crippen molar-refractivity contribution in [3.63, 3.8) is 0 Å². The third-order valence-electron chi connectivity index (χ3n) is 2.66. The molecular formula is C13H12ClN3O3. The second-order valence-electron chi connectivity index (χ2n) is 4.07. The maximum atomic E-state index is 11.8. The molecule has 2 rings (SSSR count). The van der Waals surface area contributed by atoms with Gasteiger partial charge in [-0.15, -0.1) is 0 Å². The summed E-state index contributed by atoms with van der Waals surface area (Å²) in [6.45, 7) is 0.457. The minimum Gasteiger partial charge on any atom is -0.478 e. The van der Waals surface area contributed by atoms with Crippen molar-refractivity contribution in [2.24, 2.45) is 0 Å². The maximum absolute atomic E-state index is 11.8. The first-order valence-electron chi connectivity index (χ1n) is 5.85. The van der Waals surface area contributed by atoms with Crippen molar-refractivity contribution in [3.05, 3.63) is 47.5 Å². The van der Waals surface area contributed by atoms with Crippen LogP contribution in [0, 0.1) is 0 Å². The highest BCUT2D eigenvalue weighted by Gasteiger charge is 2.15. The van der Waals surface area contributed by atoms with E-state index in [0.717, 1.165) is 0 Å². The molecule has 2 N–H and O–H groups in total. The second kappa shape index (κ2) is 6.21. The molecule has 0 spiro atoms. The van der Waals surface area contributed by atoms with Crippen LogP contribution >= 0.6 is 11.6 Å². The SMILES string of the molecule is O=C(CCn1ccnc1)Nc1c(Cl)cccc1C(=O)O. The summed E-state index contributed by atoms with van der Waals surface area (Å²) in [5.74, 6) is -1.45. The molecule has 0 fully saturated rings. The summed E-state index contributed by atoms with van der Waals surface area (Å²) < 4.78 is 1.75. The Morgan fingerprint density at radius 2 is 2.20 bits per heavy atom. The number of anilines is 1. The van der Waals surface area contributed by atoms with E-state index in [9.17, 15) is 9.59 Å². The number of nitrogens with zero attached hydrogens (tertiary/aromatic N) is 2. The Morgan fingerprint density at radius 3 is 2.85 bits per heavy atom. The molecular weight excluding hydrogens is 282 g/mol. The smallest absolute Gasteiger partial charge is 0.337 e. The van der Waals surface area contributed by atoms with Crippen molar-refractivity contribution in [2.45, 2.75) is 13.0 Å². The van der Waals surface area contributed by atoms with Gasteiger partial charge in [-0.3, -0.25) is 4.79 Å². The number of rotatable bonds is 5. The predicted molar refractivity (Wildman–Crippen MR) is 73.9 cm³/mol. The Morgan fingerprint density at radius 1 is 1.40 bits per heavy atom. The molecule has 1 aromatic heterocycles. The summed E-state index contributed by atoms with van der Waals surface area (Å²) in [5.41, 5.74) is 0.0887. The number of halogens is 1. The highest BCUT2D eigenvalue weighted by atomic mass is 35.5. The number of hydrogen-bond acceptors (Lipinski definition) is 3. The fraction of sp³-hybridized carbons (Fsp3) is 0.154. The Balaban J connectivity index is 2.06. The van der Waals surface area contributed by atoms with Crippen molar-refractivity contribution in [1.82, 2.24) is 9.55 Å². The third-order valence-corrected chi connectivity index (χ3v) is 2.98. The molecule has 6 nitrogen and oxygen atoms in total. The number of amides is 1. The number of benzene rings is 1. The lowest BCUT2D eigenvalue weighted by atomic mass is 10.1. The Hall–Kier alpha value is -2.34. The Labute approximate surface area is 120 Å². The first kappa shape index (κ1) is 14.1. The zero-order chi connectivity index (χ0) is 14.5. The molecule has 2 aromatic rings. The van der Waals surface area contributed by atoms with Gasteiger partial charge in [0.15, 0.2) is 0 Å². The average molecular weight is 294 g/mol. The van der Waals surface area contributed by atoms with E-state index < -0.39 is 5.97 Å². The van der Waals surface area contributed by atoms with Crippen LogP contribution in [0.1, 0.15) is 16.8 Å². The first-order valence-corrected chi connectivity index (χ1v) is 6.23. The normalized spacial score (nSPS) is 10.2. The summed E-state index contributed by atoms with van der Waals surface area (Å²) in [6.07, 6.45) is 5.16. The van der Waals surface area contributed by atoms with E-state index >= 15 is 0 Å². The van der Waals surface area contributed by atoms with Crippen molar-refractivity contribution in [3.8, 4) is 0 Å². The minimum atomic E-state index is -1.14. The van der Waals surface area contributed by atoms with Crippen molar-refractivity contribution >= 4 is 29.2 Å². The quantitative estimate of drug-likeness (QED) is 0.885. The molecule has 0 bridgehead atoms. The fourth-order valence-electron chi connectivity index (χ4n) is 1.68. The number of carbonyl (C=O) groups is 2. The molecule has 1 amide bonds. The van der Waals surface area contributed by atoms with Gasteiger partial charge in [-0.2, -0.15) is 0 Å². The summed E-state index contributed by atoms with van der Waals surface area (Å²) in [5, 5.41) is 11.8. The number of hydrogen-bond donors (Lipinski definition) is 2. The molecule has 1 heterocycles. The number of aromatic carboxylic acids is 1. The largest absolute Gasteiger partial charge is 0.478 e. The average Bonchev–Trinajstić information content (AvgIpc) is 2.91. The molecule has 104 valence electrons. The number of imidazole rings is 1. The van der Waals surface area contributed by atoms with Crippen LogP contribution in [-0.4, -0.2) is 26.5 Å². The van der Waals surface area contributed by atoms with E-state index in [4.69, 9.17) is 16.7 Å². The van der Waals surface area contributed by atoms with Gasteiger partial charge in [-0.05, 0) is 12.1 Å². The Bertz CT molecular complexity index is 626. The van der Waals surface area contributed by atoms with Crippen LogP contribution in [0.25, 0.3) is 0 Å². The highest BCUT2D eigenvalue weighted by molar-refractivity contribution is 6.34. The maximum Gasteiger partial charge on any atom is 0.337 e. The predicted octanol–water partition coefficient (Wildman–Crippen LogP) is 2.26. The molecule has 0 atom stereocenters. The van der Waals surface area contributed by atoms with Crippen LogP contribution in [0.5, 0.6) is 0 Å². The molecule has 0 aliphatic heterocycles. The lowest BCUT2D eigenvalue weighted by Crippen LogP contribution is -2.16. The standard InChI is InChI=1S/C13H12ClN3O3/c14-10-3-1-2-9(13(19)20)12(10)16-11(18)4-6-17-7-5-15-8-17/h1-3,5,7-8H,4,6H2,(H,16,18)(H,19,20). The minimum absolute atomic E-state index is 0.0338. The molecule has 7 heteroatoms. The van der Waals surface area contributed by atoms with Gasteiger partial charge in [-0.1, -0.05) is 17.7 Å². The molecule has 0 aliphatic carbocycles. The summed E-state index contributed by atoms with van der Waals surface area (Å²) >= 11 is 5.92. The molecule has 0 saturated heterocycles. The van der Waals surface area contributed by atoms with Crippen molar-refractivity contribution in [1.29, 1.82) is 0 Å². The van der Waals surface area contributed by atoms with E-state index in [-0.39, 0.29) is 28.6 Å². The number of aryl methyl sites for hydroxylation is 1. The second-order valence-corrected chi connectivity index (χ2v) is 4.47. The molecule has 0 radical (unpaired) electrons. The van der Waals surface area contributed by atoms with Crippen LogP contribution in [0.2, 0.25) is 5.02 Å². The third kappa shape index (κ3) is 3.36. The molecule has 0 aliphatic rings. The fourth-order valence-corrected chi connectivity index (χ4v) is 1.90. The monoisotopic (exact) mass is 293 g/mol. The van der Waals surface area contributed by atoms with Crippen molar-refractivity contribution < 1.29 is 14.7 Å². The van der Waals surface area contributed by atoms with Crippen LogP contribution in [-0.2, 0) is 11.3 Å². The molecule has 0 unspecified atom stereocenters. The number of carboxylic acid groups (broad SMARTS) is 1. The molecule has 0 saturated carbocycles. The van der Waals surface area contributed by atoms with Gasteiger partial charge in [0.25, 0.3) is 0 Å². The summed E-state index contributed by atoms with van der Waals surface area (Å²) in [7, 11) is 0. The first-order chi connectivity index (χ1) is 9.58. The van der Waals surface area contributed by atoms with E-state index in [2.05, 4.69) is 10.3 Å². The van der Waals surface area contributed by atoms with Crippen LogP contribution in [0.4, 0.5) is 5.69 Å². The van der Waals surface area contributed by atoms with Gasteiger partial charge in [0.1, 0.15) is 0 Å². The van der Waals surface area contributed by atoms with Gasteiger partial charge in [-0.25, -0.2) is 9.78 Å². The zero-order valence-corrected chi connectivity index (χ0v) is 11.2. The highest BCUT2D eigenvalue weighted by Crippen LogP contribution is 2.26. The van der Waals surface area contributed by atoms with Crippen LogP contribution < -0.4 is 5.32 Å². The van der Waals surface area contributed by atoms with E-state index in [1.807, 2.05) is 0 Å². The summed E-state index contributed by atoms with van der Waals surface area (Å²) in [6, 6.07) is 4.44.